The van der Waals surface area contributed by atoms with Crippen molar-refractivity contribution in [3.8, 4) is 0 Å². The molecule has 2 rings (SSSR count). The summed E-state index contributed by atoms with van der Waals surface area (Å²) in [5, 5.41) is 17.3. The number of carbonyl (C=O) groups is 1. The van der Waals surface area contributed by atoms with E-state index in [-0.39, 0.29) is 11.6 Å². The molecule has 0 unspecified atom stereocenters. The topological polar surface area (TPSA) is 106 Å². The number of amides is 1. The zero-order chi connectivity index (χ0) is 15.1. The Bertz CT molecular complexity index is 581. The van der Waals surface area contributed by atoms with Crippen LogP contribution >= 0.6 is 0 Å². The Morgan fingerprint density at radius 1 is 1.29 bits per heavy atom. The molecule has 2 aromatic heterocycles. The number of anilines is 1. The molecule has 1 amide bonds. The quantitative estimate of drug-likeness (QED) is 0.782. The van der Waals surface area contributed by atoms with Gasteiger partial charge in [-0.15, -0.1) is 10.2 Å². The van der Waals surface area contributed by atoms with E-state index in [0.29, 0.717) is 30.5 Å². The molecule has 0 atom stereocenters. The molecular formula is C13H18N6O2. The maximum absolute atomic E-state index is 11.9. The van der Waals surface area contributed by atoms with Gasteiger partial charge in [-0.05, 0) is 25.5 Å². The fraction of sp³-hybridized carbons (Fsp3) is 0.462. The van der Waals surface area contributed by atoms with E-state index < -0.39 is 0 Å². The number of aromatic nitrogens is 4. The molecule has 0 radical (unpaired) electrons. The first-order valence-corrected chi connectivity index (χ1v) is 6.84. The molecule has 0 spiro atoms. The lowest BCUT2D eigenvalue weighted by Crippen LogP contribution is -2.27. The number of hydrogen-bond acceptors (Lipinski definition) is 7. The first kappa shape index (κ1) is 14.9. The third kappa shape index (κ3) is 4.51. The van der Waals surface area contributed by atoms with Crippen molar-refractivity contribution in [1.29, 1.82) is 0 Å². The van der Waals surface area contributed by atoms with Gasteiger partial charge in [0.1, 0.15) is 5.82 Å². The summed E-state index contributed by atoms with van der Waals surface area (Å²) in [6, 6.07) is 3.37. The van der Waals surface area contributed by atoms with Gasteiger partial charge in [0.05, 0.1) is 0 Å². The van der Waals surface area contributed by atoms with Gasteiger partial charge in [0.2, 0.25) is 5.89 Å². The molecule has 8 nitrogen and oxygen atoms in total. The molecule has 2 heterocycles. The van der Waals surface area contributed by atoms with Crippen molar-refractivity contribution >= 4 is 11.7 Å². The molecule has 0 aliphatic rings. The van der Waals surface area contributed by atoms with Crippen molar-refractivity contribution in [2.45, 2.75) is 26.7 Å². The molecular weight excluding hydrogens is 272 g/mol. The van der Waals surface area contributed by atoms with Gasteiger partial charge in [-0.25, -0.2) is 0 Å². The molecule has 0 saturated carbocycles. The number of aryl methyl sites for hydroxylation is 1. The smallest absolute Gasteiger partial charge is 0.271 e. The Hall–Kier alpha value is -2.51. The Labute approximate surface area is 122 Å². The van der Waals surface area contributed by atoms with Crippen molar-refractivity contribution in [2.75, 3.05) is 18.4 Å². The first-order chi connectivity index (χ1) is 10.2. The monoisotopic (exact) mass is 290 g/mol. The van der Waals surface area contributed by atoms with Crippen LogP contribution in [0.5, 0.6) is 0 Å². The number of nitrogens with one attached hydrogen (secondary N) is 2. The van der Waals surface area contributed by atoms with Gasteiger partial charge in [-0.3, -0.25) is 4.79 Å². The van der Waals surface area contributed by atoms with Crippen molar-refractivity contribution in [2.24, 2.45) is 0 Å². The van der Waals surface area contributed by atoms with Crippen LogP contribution < -0.4 is 10.6 Å². The fourth-order valence-corrected chi connectivity index (χ4v) is 1.62. The van der Waals surface area contributed by atoms with Gasteiger partial charge >= 0.3 is 0 Å². The minimum Gasteiger partial charge on any atom is -0.369 e. The molecule has 0 saturated heterocycles. The van der Waals surface area contributed by atoms with Gasteiger partial charge in [0, 0.05) is 19.5 Å². The van der Waals surface area contributed by atoms with Crippen LogP contribution in [0.25, 0.3) is 0 Å². The number of nitrogens with zero attached hydrogens (tertiary/aromatic N) is 4. The van der Waals surface area contributed by atoms with E-state index in [4.69, 9.17) is 4.52 Å². The predicted molar refractivity (Wildman–Crippen MR) is 75.9 cm³/mol. The van der Waals surface area contributed by atoms with E-state index >= 15 is 0 Å². The summed E-state index contributed by atoms with van der Waals surface area (Å²) in [7, 11) is 0. The second-order valence-electron chi connectivity index (χ2n) is 4.47. The van der Waals surface area contributed by atoms with E-state index in [0.717, 1.165) is 13.0 Å². The largest absolute Gasteiger partial charge is 0.369 e. The van der Waals surface area contributed by atoms with Crippen molar-refractivity contribution in [3.63, 3.8) is 0 Å². The first-order valence-electron chi connectivity index (χ1n) is 6.84. The molecule has 2 aromatic rings. The second kappa shape index (κ2) is 7.32. The highest BCUT2D eigenvalue weighted by Crippen LogP contribution is 2.02. The van der Waals surface area contributed by atoms with E-state index in [9.17, 15) is 4.79 Å². The highest BCUT2D eigenvalue weighted by Gasteiger charge is 2.09. The summed E-state index contributed by atoms with van der Waals surface area (Å²) >= 11 is 0. The summed E-state index contributed by atoms with van der Waals surface area (Å²) in [6.45, 7) is 5.03. The second-order valence-corrected chi connectivity index (χ2v) is 4.47. The van der Waals surface area contributed by atoms with Crippen molar-refractivity contribution < 1.29 is 9.32 Å². The normalized spacial score (nSPS) is 10.4. The lowest BCUT2D eigenvalue weighted by atomic mass is 10.3. The molecule has 0 aliphatic carbocycles. The lowest BCUT2D eigenvalue weighted by molar-refractivity contribution is 0.0947. The summed E-state index contributed by atoms with van der Waals surface area (Å²) < 4.78 is 4.96. The zero-order valence-corrected chi connectivity index (χ0v) is 12.1. The van der Waals surface area contributed by atoms with Crippen LogP contribution in [0.15, 0.2) is 16.7 Å². The van der Waals surface area contributed by atoms with Crippen LogP contribution in [0.1, 0.15) is 35.5 Å². The molecule has 8 heteroatoms. The third-order valence-corrected chi connectivity index (χ3v) is 2.65. The standard InChI is InChI=1S/C13H18N6O2/c1-3-7-14-11-5-4-10(17-18-11)13(20)15-8-6-12-16-9(2)19-21-12/h4-5H,3,6-8H2,1-2H3,(H,14,18)(H,15,20). The third-order valence-electron chi connectivity index (χ3n) is 2.65. The maximum Gasteiger partial charge on any atom is 0.271 e. The van der Waals surface area contributed by atoms with Gasteiger partial charge in [-0.2, -0.15) is 4.98 Å². The molecule has 0 fully saturated rings. The van der Waals surface area contributed by atoms with Gasteiger partial charge < -0.3 is 15.2 Å². The Kier molecular flexibility index (Phi) is 5.19. The molecule has 2 N–H and O–H groups in total. The molecule has 112 valence electrons. The van der Waals surface area contributed by atoms with Crippen LogP contribution in [-0.4, -0.2) is 39.3 Å². The molecule has 21 heavy (non-hydrogen) atoms. The average Bonchev–Trinajstić information content (AvgIpc) is 2.91. The van der Waals surface area contributed by atoms with Crippen LogP contribution in [-0.2, 0) is 6.42 Å². The summed E-state index contributed by atoms with van der Waals surface area (Å²) in [5.41, 5.74) is 0.277. The van der Waals surface area contributed by atoms with E-state index in [1.54, 1.807) is 19.1 Å². The fourth-order valence-electron chi connectivity index (χ4n) is 1.62. The van der Waals surface area contributed by atoms with Gasteiger partial charge in [-0.1, -0.05) is 12.1 Å². The van der Waals surface area contributed by atoms with E-state index in [1.165, 1.54) is 0 Å². The Balaban J connectivity index is 1.79. The Morgan fingerprint density at radius 3 is 2.76 bits per heavy atom. The van der Waals surface area contributed by atoms with Crippen molar-refractivity contribution in [1.82, 2.24) is 25.7 Å². The van der Waals surface area contributed by atoms with E-state index in [1.807, 2.05) is 0 Å². The number of rotatable bonds is 7. The Morgan fingerprint density at radius 2 is 2.14 bits per heavy atom. The molecule has 0 aliphatic heterocycles. The summed E-state index contributed by atoms with van der Waals surface area (Å²) in [4.78, 5) is 15.9. The van der Waals surface area contributed by atoms with Crippen LogP contribution in [0.2, 0.25) is 0 Å². The average molecular weight is 290 g/mol. The highest BCUT2D eigenvalue weighted by molar-refractivity contribution is 5.92. The van der Waals surface area contributed by atoms with Crippen LogP contribution in [0.4, 0.5) is 5.82 Å². The minimum absolute atomic E-state index is 0.277. The van der Waals surface area contributed by atoms with Gasteiger partial charge in [0.15, 0.2) is 11.5 Å². The SMILES string of the molecule is CCCNc1ccc(C(=O)NCCc2nc(C)no2)nn1. The summed E-state index contributed by atoms with van der Waals surface area (Å²) in [5.74, 6) is 1.46. The predicted octanol–water partition coefficient (Wildman–Crippen LogP) is 0.962. The summed E-state index contributed by atoms with van der Waals surface area (Å²) in [6.07, 6.45) is 1.48. The maximum atomic E-state index is 11.9. The van der Waals surface area contributed by atoms with Gasteiger partial charge in [0.25, 0.3) is 5.91 Å². The molecule has 0 aromatic carbocycles. The van der Waals surface area contributed by atoms with Crippen LogP contribution in [0.3, 0.4) is 0 Å². The zero-order valence-electron chi connectivity index (χ0n) is 12.1. The number of hydrogen-bond donors (Lipinski definition) is 2. The lowest BCUT2D eigenvalue weighted by Gasteiger charge is -2.04. The molecule has 0 bridgehead atoms. The minimum atomic E-state index is -0.277. The highest BCUT2D eigenvalue weighted by atomic mass is 16.5. The van der Waals surface area contributed by atoms with Crippen LogP contribution in [0, 0.1) is 6.92 Å². The van der Waals surface area contributed by atoms with Crippen molar-refractivity contribution in [3.05, 3.63) is 29.5 Å². The van der Waals surface area contributed by atoms with E-state index in [2.05, 4.69) is 37.9 Å². The number of carbonyl (C=O) groups excluding carboxylic acids is 1.